The smallest absolute Gasteiger partial charge is 0.270 e. The number of aliphatic hydroxyl groups is 1. The van der Waals surface area contributed by atoms with Crippen LogP contribution < -0.4 is 5.32 Å². The van der Waals surface area contributed by atoms with E-state index in [0.717, 1.165) is 35.1 Å². The monoisotopic (exact) mass is 393 g/mol. The van der Waals surface area contributed by atoms with E-state index >= 15 is 0 Å². The molecule has 3 aromatic rings. The average molecular weight is 393 g/mol. The zero-order chi connectivity index (χ0) is 20.4. The van der Waals surface area contributed by atoms with Crippen molar-refractivity contribution >= 4 is 28.6 Å². The molecule has 29 heavy (non-hydrogen) atoms. The minimum atomic E-state index is -0.0103. The topological polar surface area (TPSA) is 83.3 Å². The SMILES string of the molecule is CN(C)C(=O)c1cc2cnc(Nc3ccc(CCO)cc3)nc2n1C1CCCC1. The van der Waals surface area contributed by atoms with Gasteiger partial charge in [-0.1, -0.05) is 25.0 Å². The molecule has 1 fully saturated rings. The molecular formula is C22H27N5O2. The van der Waals surface area contributed by atoms with E-state index in [1.54, 1.807) is 25.2 Å². The number of nitrogens with one attached hydrogen (secondary N) is 1. The van der Waals surface area contributed by atoms with Gasteiger partial charge in [-0.25, -0.2) is 4.98 Å². The number of aliphatic hydroxyl groups excluding tert-OH is 1. The summed E-state index contributed by atoms with van der Waals surface area (Å²) < 4.78 is 2.11. The second-order valence-corrected chi connectivity index (χ2v) is 7.81. The standard InChI is InChI=1S/C22H27N5O2/c1-26(2)21(29)19-13-16-14-23-22(24-17-9-7-15(8-10-17)11-12-28)25-20(16)27(19)18-5-3-4-6-18/h7-10,13-14,18,28H,3-6,11-12H2,1-2H3,(H,23,24,25). The second-order valence-electron chi connectivity index (χ2n) is 7.81. The molecule has 2 aromatic heterocycles. The first kappa shape index (κ1) is 19.4. The Morgan fingerprint density at radius 2 is 1.97 bits per heavy atom. The number of carbonyl (C=O) groups is 1. The largest absolute Gasteiger partial charge is 0.396 e. The highest BCUT2D eigenvalue weighted by Crippen LogP contribution is 2.34. The molecule has 0 unspecified atom stereocenters. The van der Waals surface area contributed by atoms with Crippen molar-refractivity contribution in [3.8, 4) is 0 Å². The van der Waals surface area contributed by atoms with E-state index in [2.05, 4.69) is 14.9 Å². The van der Waals surface area contributed by atoms with Crippen molar-refractivity contribution in [3.63, 3.8) is 0 Å². The summed E-state index contributed by atoms with van der Waals surface area (Å²) in [6.45, 7) is 0.138. The summed E-state index contributed by atoms with van der Waals surface area (Å²) in [5.41, 5.74) is 3.44. The Kier molecular flexibility index (Phi) is 5.49. The van der Waals surface area contributed by atoms with Crippen LogP contribution in [-0.2, 0) is 6.42 Å². The van der Waals surface area contributed by atoms with E-state index < -0.39 is 0 Å². The van der Waals surface area contributed by atoms with Gasteiger partial charge in [-0.05, 0) is 43.0 Å². The summed E-state index contributed by atoms with van der Waals surface area (Å²) >= 11 is 0. The Hall–Kier alpha value is -2.93. The lowest BCUT2D eigenvalue weighted by Gasteiger charge is -2.19. The summed E-state index contributed by atoms with van der Waals surface area (Å²) in [6, 6.07) is 10.1. The minimum Gasteiger partial charge on any atom is -0.396 e. The fourth-order valence-electron chi connectivity index (χ4n) is 4.01. The number of amides is 1. The Morgan fingerprint density at radius 3 is 2.62 bits per heavy atom. The number of carbonyl (C=O) groups excluding carboxylic acids is 1. The predicted octanol–water partition coefficient (Wildman–Crippen LogP) is 3.53. The first-order valence-corrected chi connectivity index (χ1v) is 10.1. The molecule has 0 bridgehead atoms. The molecule has 7 heteroatoms. The van der Waals surface area contributed by atoms with Crippen molar-refractivity contribution in [2.75, 3.05) is 26.0 Å². The molecule has 152 valence electrons. The van der Waals surface area contributed by atoms with Crippen LogP contribution in [0.3, 0.4) is 0 Å². The van der Waals surface area contributed by atoms with Crippen LogP contribution in [0.5, 0.6) is 0 Å². The van der Waals surface area contributed by atoms with Gasteiger partial charge in [0, 0.05) is 44.0 Å². The Labute approximate surface area is 170 Å². The highest BCUT2D eigenvalue weighted by atomic mass is 16.3. The third-order valence-corrected chi connectivity index (χ3v) is 5.50. The maximum Gasteiger partial charge on any atom is 0.270 e. The first-order chi connectivity index (χ1) is 14.1. The van der Waals surface area contributed by atoms with Gasteiger partial charge < -0.3 is 19.9 Å². The zero-order valence-corrected chi connectivity index (χ0v) is 16.9. The number of hydrogen-bond acceptors (Lipinski definition) is 5. The van der Waals surface area contributed by atoms with E-state index in [-0.39, 0.29) is 12.5 Å². The highest BCUT2D eigenvalue weighted by Gasteiger charge is 2.26. The van der Waals surface area contributed by atoms with E-state index in [4.69, 9.17) is 10.1 Å². The Balaban J connectivity index is 1.70. The molecule has 1 saturated carbocycles. The van der Waals surface area contributed by atoms with Gasteiger partial charge in [0.2, 0.25) is 5.95 Å². The van der Waals surface area contributed by atoms with Gasteiger partial charge in [0.05, 0.1) is 0 Å². The molecule has 1 aliphatic carbocycles. The van der Waals surface area contributed by atoms with Gasteiger partial charge >= 0.3 is 0 Å². The van der Waals surface area contributed by atoms with Crippen molar-refractivity contribution in [2.24, 2.45) is 0 Å². The highest BCUT2D eigenvalue weighted by molar-refractivity contribution is 5.97. The molecule has 0 radical (unpaired) electrons. The van der Waals surface area contributed by atoms with Crippen LogP contribution in [0.2, 0.25) is 0 Å². The Bertz CT molecular complexity index is 1000. The van der Waals surface area contributed by atoms with E-state index in [9.17, 15) is 4.79 Å². The van der Waals surface area contributed by atoms with Crippen molar-refractivity contribution in [2.45, 2.75) is 38.1 Å². The van der Waals surface area contributed by atoms with Gasteiger partial charge in [0.25, 0.3) is 5.91 Å². The average Bonchev–Trinajstić information content (AvgIpc) is 3.36. The molecule has 0 atom stereocenters. The number of nitrogens with zero attached hydrogens (tertiary/aromatic N) is 4. The third kappa shape index (κ3) is 3.96. The fourth-order valence-corrected chi connectivity index (χ4v) is 4.01. The molecule has 0 saturated heterocycles. The summed E-state index contributed by atoms with van der Waals surface area (Å²) in [6.07, 6.45) is 6.91. The first-order valence-electron chi connectivity index (χ1n) is 10.1. The lowest BCUT2D eigenvalue weighted by atomic mass is 10.1. The van der Waals surface area contributed by atoms with Crippen molar-refractivity contribution in [3.05, 3.63) is 47.8 Å². The number of aromatic nitrogens is 3. The number of anilines is 2. The molecule has 1 aromatic carbocycles. The molecular weight excluding hydrogens is 366 g/mol. The van der Waals surface area contributed by atoms with Crippen LogP contribution in [0.4, 0.5) is 11.6 Å². The van der Waals surface area contributed by atoms with Crippen molar-refractivity contribution < 1.29 is 9.90 Å². The van der Waals surface area contributed by atoms with Gasteiger partial charge in [0.1, 0.15) is 11.3 Å². The van der Waals surface area contributed by atoms with Crippen molar-refractivity contribution in [1.29, 1.82) is 0 Å². The minimum absolute atomic E-state index is 0.0103. The quantitative estimate of drug-likeness (QED) is 0.669. The molecule has 4 rings (SSSR count). The predicted molar refractivity (Wildman–Crippen MR) is 114 cm³/mol. The normalized spacial score (nSPS) is 14.4. The Morgan fingerprint density at radius 1 is 1.24 bits per heavy atom. The van der Waals surface area contributed by atoms with E-state index in [0.29, 0.717) is 24.1 Å². The van der Waals surface area contributed by atoms with Gasteiger partial charge in [0.15, 0.2) is 0 Å². The van der Waals surface area contributed by atoms with Crippen LogP contribution in [-0.4, -0.2) is 51.2 Å². The molecule has 1 amide bonds. The van der Waals surface area contributed by atoms with Gasteiger partial charge in [-0.3, -0.25) is 4.79 Å². The summed E-state index contributed by atoms with van der Waals surface area (Å²) in [7, 11) is 3.55. The van der Waals surface area contributed by atoms with Crippen LogP contribution in [0, 0.1) is 0 Å². The van der Waals surface area contributed by atoms with Crippen LogP contribution in [0.1, 0.15) is 47.8 Å². The zero-order valence-electron chi connectivity index (χ0n) is 16.9. The van der Waals surface area contributed by atoms with E-state index in [1.165, 1.54) is 12.8 Å². The molecule has 2 heterocycles. The summed E-state index contributed by atoms with van der Waals surface area (Å²) in [4.78, 5) is 23.6. The number of hydrogen-bond donors (Lipinski definition) is 2. The number of rotatable bonds is 6. The maximum atomic E-state index is 12.8. The van der Waals surface area contributed by atoms with E-state index in [1.807, 2.05) is 30.3 Å². The second kappa shape index (κ2) is 8.21. The lowest BCUT2D eigenvalue weighted by molar-refractivity contribution is 0.0815. The third-order valence-electron chi connectivity index (χ3n) is 5.50. The summed E-state index contributed by atoms with van der Waals surface area (Å²) in [5.74, 6) is 0.498. The fraction of sp³-hybridized carbons (Fsp3) is 0.409. The lowest BCUT2D eigenvalue weighted by Crippen LogP contribution is -2.25. The summed E-state index contributed by atoms with van der Waals surface area (Å²) in [5, 5.41) is 13.2. The van der Waals surface area contributed by atoms with Crippen LogP contribution in [0.25, 0.3) is 11.0 Å². The van der Waals surface area contributed by atoms with Gasteiger partial charge in [-0.15, -0.1) is 0 Å². The number of fused-ring (bicyclic) bond motifs is 1. The molecule has 0 aliphatic heterocycles. The molecule has 1 aliphatic rings. The van der Waals surface area contributed by atoms with Crippen molar-refractivity contribution in [1.82, 2.24) is 19.4 Å². The van der Waals surface area contributed by atoms with Gasteiger partial charge in [-0.2, -0.15) is 4.98 Å². The molecule has 0 spiro atoms. The van der Waals surface area contributed by atoms with Crippen LogP contribution >= 0.6 is 0 Å². The number of benzene rings is 1. The van der Waals surface area contributed by atoms with Crippen LogP contribution in [0.15, 0.2) is 36.5 Å². The molecule has 7 nitrogen and oxygen atoms in total. The molecule has 2 N–H and O–H groups in total. The maximum absolute atomic E-state index is 12.8.